The zero-order valence-electron chi connectivity index (χ0n) is 11.7. The minimum atomic E-state index is 0. The maximum absolute atomic E-state index is 5.45. The second-order valence-electron chi connectivity index (χ2n) is 4.33. The minimum Gasteiger partial charge on any atom is -0.379 e. The summed E-state index contributed by atoms with van der Waals surface area (Å²) in [7, 11) is 0. The molecule has 0 saturated carbocycles. The highest BCUT2D eigenvalue weighted by atomic mass is 127. The number of halogens is 1. The zero-order chi connectivity index (χ0) is 12.4. The van der Waals surface area contributed by atoms with E-state index < -0.39 is 0 Å². The summed E-state index contributed by atoms with van der Waals surface area (Å²) in [6.07, 6.45) is 1.28. The first-order valence-electron chi connectivity index (χ1n) is 6.22. The lowest BCUT2D eigenvalue weighted by Gasteiger charge is -2.14. The van der Waals surface area contributed by atoms with Crippen molar-refractivity contribution in [2.24, 2.45) is 4.99 Å². The molecule has 0 aromatic rings. The Morgan fingerprint density at radius 3 is 2.35 bits per heavy atom. The Bertz CT molecular complexity index is 196. The van der Waals surface area contributed by atoms with Gasteiger partial charge in [0.15, 0.2) is 5.96 Å². The van der Waals surface area contributed by atoms with Gasteiger partial charge in [-0.15, -0.1) is 24.0 Å². The summed E-state index contributed by atoms with van der Waals surface area (Å²) in [6.45, 7) is 12.8. The summed E-state index contributed by atoms with van der Waals surface area (Å²) in [4.78, 5) is 4.46. The van der Waals surface area contributed by atoms with Crippen molar-refractivity contribution in [3.8, 4) is 0 Å². The lowest BCUT2D eigenvalue weighted by atomic mass is 10.4. The Hall–Kier alpha value is -0.0400. The Morgan fingerprint density at radius 2 is 1.88 bits per heavy atom. The number of rotatable bonds is 7. The van der Waals surface area contributed by atoms with E-state index >= 15 is 0 Å². The molecular formula is C12H28IN3O. The van der Waals surface area contributed by atoms with Gasteiger partial charge in [-0.3, -0.25) is 4.99 Å². The highest BCUT2D eigenvalue weighted by Crippen LogP contribution is 1.91. The number of aliphatic imine (C=N–C) groups is 1. The van der Waals surface area contributed by atoms with Crippen molar-refractivity contribution in [1.29, 1.82) is 0 Å². The minimum absolute atomic E-state index is 0. The van der Waals surface area contributed by atoms with E-state index in [9.17, 15) is 0 Å². The number of nitrogens with one attached hydrogen (secondary N) is 2. The van der Waals surface area contributed by atoms with Gasteiger partial charge in [0.1, 0.15) is 0 Å². The number of ether oxygens (including phenoxy) is 1. The van der Waals surface area contributed by atoms with Gasteiger partial charge in [-0.1, -0.05) is 0 Å². The van der Waals surface area contributed by atoms with Gasteiger partial charge in [0, 0.05) is 25.7 Å². The first-order chi connectivity index (χ1) is 7.56. The number of guanidine groups is 1. The summed E-state index contributed by atoms with van der Waals surface area (Å²) in [5.41, 5.74) is 0. The summed E-state index contributed by atoms with van der Waals surface area (Å²) < 4.78 is 5.45. The molecule has 0 atom stereocenters. The van der Waals surface area contributed by atoms with Crippen LogP contribution < -0.4 is 10.6 Å². The fraction of sp³-hybridized carbons (Fsp3) is 0.917. The Morgan fingerprint density at radius 1 is 1.24 bits per heavy atom. The summed E-state index contributed by atoms with van der Waals surface area (Å²) >= 11 is 0. The van der Waals surface area contributed by atoms with E-state index in [-0.39, 0.29) is 24.0 Å². The Labute approximate surface area is 123 Å². The fourth-order valence-corrected chi connectivity index (χ4v) is 1.17. The van der Waals surface area contributed by atoms with Crippen LogP contribution in [0.5, 0.6) is 0 Å². The largest absolute Gasteiger partial charge is 0.379 e. The average Bonchev–Trinajstić information content (AvgIpc) is 2.16. The van der Waals surface area contributed by atoms with Crippen molar-refractivity contribution in [3.05, 3.63) is 0 Å². The van der Waals surface area contributed by atoms with E-state index in [4.69, 9.17) is 4.74 Å². The third-order valence-corrected chi connectivity index (χ3v) is 1.79. The quantitative estimate of drug-likeness (QED) is 0.318. The van der Waals surface area contributed by atoms with Crippen LogP contribution >= 0.6 is 24.0 Å². The van der Waals surface area contributed by atoms with E-state index in [1.165, 1.54) is 0 Å². The van der Waals surface area contributed by atoms with Gasteiger partial charge in [-0.25, -0.2) is 0 Å². The van der Waals surface area contributed by atoms with Gasteiger partial charge in [0.05, 0.1) is 6.10 Å². The van der Waals surface area contributed by atoms with Crippen LogP contribution in [0.4, 0.5) is 0 Å². The topological polar surface area (TPSA) is 45.7 Å². The first-order valence-corrected chi connectivity index (χ1v) is 6.22. The van der Waals surface area contributed by atoms with Crippen LogP contribution in [0.2, 0.25) is 0 Å². The second-order valence-corrected chi connectivity index (χ2v) is 4.33. The number of hydrogen-bond acceptors (Lipinski definition) is 2. The highest BCUT2D eigenvalue weighted by molar-refractivity contribution is 14.0. The molecule has 0 aromatic carbocycles. The van der Waals surface area contributed by atoms with Crippen molar-refractivity contribution in [1.82, 2.24) is 10.6 Å². The van der Waals surface area contributed by atoms with Crippen LogP contribution in [0.1, 0.15) is 41.0 Å². The summed E-state index contributed by atoms with van der Waals surface area (Å²) in [5, 5.41) is 6.49. The van der Waals surface area contributed by atoms with Crippen LogP contribution in [0, 0.1) is 0 Å². The predicted octanol–water partition coefficient (Wildman–Crippen LogP) is 2.38. The van der Waals surface area contributed by atoms with Crippen molar-refractivity contribution < 1.29 is 4.74 Å². The SMILES string of the molecule is CCNC(=NCCCOC(C)C)NC(C)C.I. The van der Waals surface area contributed by atoms with Crippen LogP contribution in [0.15, 0.2) is 4.99 Å². The Balaban J connectivity index is 0. The maximum atomic E-state index is 5.45. The number of hydrogen-bond donors (Lipinski definition) is 2. The number of nitrogens with zero attached hydrogens (tertiary/aromatic N) is 1. The van der Waals surface area contributed by atoms with Gasteiger partial charge in [-0.2, -0.15) is 0 Å². The Kier molecular flexibility index (Phi) is 14.1. The third-order valence-electron chi connectivity index (χ3n) is 1.79. The van der Waals surface area contributed by atoms with Crippen molar-refractivity contribution in [2.45, 2.75) is 53.2 Å². The molecule has 17 heavy (non-hydrogen) atoms. The third kappa shape index (κ3) is 13.9. The molecule has 4 nitrogen and oxygen atoms in total. The molecule has 0 aliphatic heterocycles. The summed E-state index contributed by atoms with van der Waals surface area (Å²) in [5.74, 6) is 0.891. The predicted molar refractivity (Wildman–Crippen MR) is 85.4 cm³/mol. The van der Waals surface area contributed by atoms with Gasteiger partial charge >= 0.3 is 0 Å². The van der Waals surface area contributed by atoms with Crippen molar-refractivity contribution in [2.75, 3.05) is 19.7 Å². The molecule has 0 bridgehead atoms. The first kappa shape index (κ1) is 19.3. The fourth-order valence-electron chi connectivity index (χ4n) is 1.17. The molecule has 0 amide bonds. The van der Waals surface area contributed by atoms with Gasteiger partial charge in [0.2, 0.25) is 0 Å². The molecule has 2 N–H and O–H groups in total. The second kappa shape index (κ2) is 12.4. The smallest absolute Gasteiger partial charge is 0.191 e. The van der Waals surface area contributed by atoms with Gasteiger partial charge < -0.3 is 15.4 Å². The normalized spacial score (nSPS) is 11.6. The van der Waals surface area contributed by atoms with Gasteiger partial charge in [-0.05, 0) is 41.0 Å². The molecule has 0 aliphatic rings. The molecule has 0 saturated heterocycles. The highest BCUT2D eigenvalue weighted by Gasteiger charge is 1.98. The van der Waals surface area contributed by atoms with Crippen LogP contribution in [-0.2, 0) is 4.74 Å². The summed E-state index contributed by atoms with van der Waals surface area (Å²) in [6, 6.07) is 0.407. The molecule has 0 radical (unpaired) electrons. The zero-order valence-corrected chi connectivity index (χ0v) is 14.1. The molecular weight excluding hydrogens is 329 g/mol. The maximum Gasteiger partial charge on any atom is 0.191 e. The van der Waals surface area contributed by atoms with E-state index in [2.05, 4.69) is 36.4 Å². The van der Waals surface area contributed by atoms with E-state index in [0.29, 0.717) is 12.1 Å². The molecule has 0 unspecified atom stereocenters. The average molecular weight is 357 g/mol. The lowest BCUT2D eigenvalue weighted by molar-refractivity contribution is 0.0782. The monoisotopic (exact) mass is 357 g/mol. The molecule has 0 fully saturated rings. The van der Waals surface area contributed by atoms with Gasteiger partial charge in [0.25, 0.3) is 0 Å². The van der Waals surface area contributed by atoms with Crippen LogP contribution in [-0.4, -0.2) is 37.8 Å². The molecule has 0 aliphatic carbocycles. The van der Waals surface area contributed by atoms with Crippen molar-refractivity contribution >= 4 is 29.9 Å². The van der Waals surface area contributed by atoms with E-state index in [1.807, 2.05) is 13.8 Å². The molecule has 0 heterocycles. The van der Waals surface area contributed by atoms with Crippen LogP contribution in [0.3, 0.4) is 0 Å². The molecule has 104 valence electrons. The molecule has 0 spiro atoms. The van der Waals surface area contributed by atoms with E-state index in [1.54, 1.807) is 0 Å². The lowest BCUT2D eigenvalue weighted by Crippen LogP contribution is -2.41. The van der Waals surface area contributed by atoms with E-state index in [0.717, 1.165) is 32.1 Å². The van der Waals surface area contributed by atoms with Crippen LogP contribution in [0.25, 0.3) is 0 Å². The molecule has 0 aromatic heterocycles. The molecule has 5 heteroatoms. The standard InChI is InChI=1S/C12H27N3O.HI/c1-6-13-12(15-10(2)3)14-8-7-9-16-11(4)5;/h10-11H,6-9H2,1-5H3,(H2,13,14,15);1H. The van der Waals surface area contributed by atoms with Crippen molar-refractivity contribution in [3.63, 3.8) is 0 Å². The molecule has 0 rings (SSSR count).